The summed E-state index contributed by atoms with van der Waals surface area (Å²) >= 11 is 0. The van der Waals surface area contributed by atoms with E-state index in [-0.39, 0.29) is 31.9 Å². The van der Waals surface area contributed by atoms with Crippen molar-refractivity contribution in [1.29, 1.82) is 0 Å². The fraction of sp³-hybridized carbons (Fsp3) is 0.256. The number of hydrogen-bond acceptors (Lipinski definition) is 3. The number of ether oxygens (including phenoxy) is 1. The Balaban J connectivity index is 0.00000417. The van der Waals surface area contributed by atoms with Crippen LogP contribution in [0, 0.1) is 32.9 Å². The second-order valence-electron chi connectivity index (χ2n) is 15.0. The van der Waals surface area contributed by atoms with E-state index in [1.807, 2.05) is 23.1 Å². The molecule has 49 heavy (non-hydrogen) atoms. The molecule has 250 valence electrons. The van der Waals surface area contributed by atoms with Gasteiger partial charge in [-0.3, -0.25) is 4.68 Å². The zero-order chi connectivity index (χ0) is 34.0. The Morgan fingerprint density at radius 3 is 2.12 bits per heavy atom. The molecule has 3 heterocycles. The van der Waals surface area contributed by atoms with E-state index in [2.05, 4.69) is 152 Å². The molecule has 7 rings (SSSR count). The van der Waals surface area contributed by atoms with Gasteiger partial charge in [-0.15, -0.1) is 41.3 Å². The van der Waals surface area contributed by atoms with E-state index in [1.165, 1.54) is 27.8 Å². The van der Waals surface area contributed by atoms with Crippen molar-refractivity contribution in [2.75, 3.05) is 0 Å². The van der Waals surface area contributed by atoms with Gasteiger partial charge in [0.15, 0.2) is 0 Å². The van der Waals surface area contributed by atoms with Crippen LogP contribution in [0.15, 0.2) is 91.3 Å². The van der Waals surface area contributed by atoms with E-state index >= 15 is 0 Å². The van der Waals surface area contributed by atoms with Crippen LogP contribution >= 0.6 is 0 Å². The molecule has 0 radical (unpaired) electrons. The molecule has 0 aliphatic rings. The van der Waals surface area contributed by atoms with Crippen LogP contribution in [0.4, 0.5) is 0 Å². The minimum Gasteiger partial charge on any atom is -0.509 e. The predicted octanol–water partition coefficient (Wildman–Crippen LogP) is 10.9. The Labute approximate surface area is 304 Å². The van der Waals surface area contributed by atoms with Gasteiger partial charge in [-0.1, -0.05) is 83.0 Å². The molecule has 0 saturated carbocycles. The first-order valence-corrected chi connectivity index (χ1v) is 16.6. The minimum atomic E-state index is -0.119. The van der Waals surface area contributed by atoms with Crippen LogP contribution in [0.2, 0.25) is 0 Å². The molecular weight excluding hydrogens is 784 g/mol. The summed E-state index contributed by atoms with van der Waals surface area (Å²) < 4.78 is 10.7. The molecule has 3 aromatic heterocycles. The Hall–Kier alpha value is -4.47. The molecule has 0 unspecified atom stereocenters. The average molecular weight is 826 g/mol. The standard InChI is InChI=1S/C43H42N4O.Pt/c1-27-20-28(2)41(29(3)21-27)37-17-19-46(45-37)32-22-31(43(7,8)9)23-34(25-32)48-33-14-15-36-35-12-10-11-13-38(35)47(39(36)26-33)40-24-30(16-18-44-40)42(4,5)6;/h10-24H,1-9H3;/q-2;+2. The fourth-order valence-corrected chi connectivity index (χ4v) is 6.61. The summed E-state index contributed by atoms with van der Waals surface area (Å²) in [4.78, 5) is 4.82. The van der Waals surface area contributed by atoms with Crippen molar-refractivity contribution in [3.05, 3.63) is 131 Å². The molecule has 0 atom stereocenters. The molecule has 0 bridgehead atoms. The number of pyridine rings is 1. The first-order valence-electron chi connectivity index (χ1n) is 16.6. The number of nitrogens with zero attached hydrogens (tertiary/aromatic N) is 4. The normalized spacial score (nSPS) is 12.0. The topological polar surface area (TPSA) is 44.9 Å². The molecule has 0 aliphatic heterocycles. The molecule has 7 aromatic rings. The summed E-state index contributed by atoms with van der Waals surface area (Å²) in [7, 11) is 0. The number of benzene rings is 4. The molecule has 6 heteroatoms. The first kappa shape index (κ1) is 34.4. The van der Waals surface area contributed by atoms with Crippen molar-refractivity contribution in [2.45, 2.75) is 73.1 Å². The quantitative estimate of drug-likeness (QED) is 0.162. The third-order valence-corrected chi connectivity index (χ3v) is 9.08. The van der Waals surface area contributed by atoms with E-state index in [0.29, 0.717) is 11.5 Å². The van der Waals surface area contributed by atoms with Gasteiger partial charge >= 0.3 is 21.1 Å². The SMILES string of the molecule is Cc1cc(C)c(-c2ccn(-c3[c-]c(Oc4[c-]c5c(cc4)c4ccccc4n5-c4cc(C(C)(C)C)ccn4)cc(C(C)(C)C)c3)n2)c(C)c1.[Pt+2]. The Morgan fingerprint density at radius 2 is 1.41 bits per heavy atom. The van der Waals surface area contributed by atoms with Crippen LogP contribution in [0.1, 0.15) is 69.4 Å². The summed E-state index contributed by atoms with van der Waals surface area (Å²) in [6, 6.07) is 34.7. The molecule has 4 aromatic carbocycles. The molecule has 5 nitrogen and oxygen atoms in total. The number of aryl methyl sites for hydroxylation is 3. The van der Waals surface area contributed by atoms with Crippen molar-refractivity contribution in [3.63, 3.8) is 0 Å². The molecular formula is C43H42N4OPt. The number of rotatable bonds is 5. The van der Waals surface area contributed by atoms with Crippen molar-refractivity contribution in [3.8, 4) is 34.3 Å². The molecule has 0 N–H and O–H groups in total. The number of fused-ring (bicyclic) bond motifs is 3. The largest absolute Gasteiger partial charge is 2.00 e. The number of hydrogen-bond donors (Lipinski definition) is 0. The molecule has 0 aliphatic carbocycles. The van der Waals surface area contributed by atoms with Gasteiger partial charge in [0.2, 0.25) is 0 Å². The van der Waals surface area contributed by atoms with Gasteiger partial charge in [-0.05, 0) is 83.6 Å². The van der Waals surface area contributed by atoms with Crippen LogP contribution in [0.25, 0.3) is 44.6 Å². The fourth-order valence-electron chi connectivity index (χ4n) is 6.61. The maximum atomic E-state index is 6.61. The van der Waals surface area contributed by atoms with Crippen LogP contribution in [0.5, 0.6) is 11.5 Å². The van der Waals surface area contributed by atoms with Crippen molar-refractivity contribution < 1.29 is 25.8 Å². The van der Waals surface area contributed by atoms with Gasteiger partial charge in [0.1, 0.15) is 5.82 Å². The smallest absolute Gasteiger partial charge is 0.509 e. The van der Waals surface area contributed by atoms with E-state index in [1.54, 1.807) is 0 Å². The average Bonchev–Trinajstić information content (AvgIpc) is 3.63. The van der Waals surface area contributed by atoms with Crippen molar-refractivity contribution >= 4 is 21.8 Å². The number of aromatic nitrogens is 4. The van der Waals surface area contributed by atoms with Crippen LogP contribution in [0.3, 0.4) is 0 Å². The summed E-state index contributed by atoms with van der Waals surface area (Å²) in [6.07, 6.45) is 3.90. The Bertz CT molecular complexity index is 2310. The molecule has 0 fully saturated rings. The third kappa shape index (κ3) is 6.62. The number of para-hydroxylation sites is 1. The van der Waals surface area contributed by atoms with Crippen LogP contribution in [-0.4, -0.2) is 19.3 Å². The monoisotopic (exact) mass is 825 g/mol. The Morgan fingerprint density at radius 1 is 0.694 bits per heavy atom. The van der Waals surface area contributed by atoms with E-state index < -0.39 is 0 Å². The minimum absolute atomic E-state index is 0. The summed E-state index contributed by atoms with van der Waals surface area (Å²) in [5.41, 5.74) is 10.9. The van der Waals surface area contributed by atoms with E-state index in [0.717, 1.165) is 44.6 Å². The summed E-state index contributed by atoms with van der Waals surface area (Å²) in [6.45, 7) is 19.7. The second kappa shape index (κ2) is 12.8. The zero-order valence-corrected chi connectivity index (χ0v) is 31.9. The van der Waals surface area contributed by atoms with Crippen molar-refractivity contribution in [1.82, 2.24) is 19.3 Å². The molecule has 0 amide bonds. The maximum Gasteiger partial charge on any atom is 2.00 e. The first-order chi connectivity index (χ1) is 22.8. The van der Waals surface area contributed by atoms with Gasteiger partial charge in [-0.2, -0.15) is 11.2 Å². The van der Waals surface area contributed by atoms with Crippen LogP contribution in [-0.2, 0) is 31.9 Å². The third-order valence-electron chi connectivity index (χ3n) is 9.08. The second-order valence-corrected chi connectivity index (χ2v) is 15.0. The molecule has 0 spiro atoms. The zero-order valence-electron chi connectivity index (χ0n) is 29.7. The van der Waals surface area contributed by atoms with Gasteiger partial charge < -0.3 is 9.30 Å². The van der Waals surface area contributed by atoms with Gasteiger partial charge in [0.25, 0.3) is 0 Å². The van der Waals surface area contributed by atoms with Gasteiger partial charge in [0.05, 0.1) is 5.69 Å². The maximum absolute atomic E-state index is 6.61. The van der Waals surface area contributed by atoms with E-state index in [9.17, 15) is 0 Å². The Kier molecular flexibility index (Phi) is 8.96. The predicted molar refractivity (Wildman–Crippen MR) is 197 cm³/mol. The van der Waals surface area contributed by atoms with Crippen LogP contribution < -0.4 is 4.74 Å². The van der Waals surface area contributed by atoms with Gasteiger partial charge in [0, 0.05) is 35.0 Å². The summed E-state index contributed by atoms with van der Waals surface area (Å²) in [5.74, 6) is 2.08. The summed E-state index contributed by atoms with van der Waals surface area (Å²) in [5, 5.41) is 7.27. The van der Waals surface area contributed by atoms with E-state index in [4.69, 9.17) is 14.8 Å². The molecule has 0 saturated heterocycles. The van der Waals surface area contributed by atoms with Gasteiger partial charge in [-0.25, -0.2) is 4.98 Å². The van der Waals surface area contributed by atoms with Crippen molar-refractivity contribution in [2.24, 2.45) is 0 Å².